The van der Waals surface area contributed by atoms with Gasteiger partial charge >= 0.3 is 11.9 Å². The Hall–Kier alpha value is -4.19. The Balaban J connectivity index is 1.56. The highest BCUT2D eigenvalue weighted by Crippen LogP contribution is 2.30. The van der Waals surface area contributed by atoms with Crippen molar-refractivity contribution >= 4 is 28.6 Å². The van der Waals surface area contributed by atoms with Crippen LogP contribution in [0.1, 0.15) is 31.1 Å². The molecule has 0 spiro atoms. The van der Waals surface area contributed by atoms with Gasteiger partial charge in [0.05, 0.1) is 29.5 Å². The lowest BCUT2D eigenvalue weighted by molar-refractivity contribution is 0.0474. The third-order valence-corrected chi connectivity index (χ3v) is 4.92. The number of H-pyrrole nitrogens is 1. The number of ketones is 1. The van der Waals surface area contributed by atoms with E-state index in [4.69, 9.17) is 4.74 Å². The fourth-order valence-electron chi connectivity index (χ4n) is 3.40. The number of aromatic amines is 1. The van der Waals surface area contributed by atoms with Crippen molar-refractivity contribution in [2.75, 3.05) is 13.7 Å². The number of carbonyl (C=O) groups is 3. The predicted molar refractivity (Wildman–Crippen MR) is 116 cm³/mol. The average molecular weight is 413 g/mol. The van der Waals surface area contributed by atoms with Gasteiger partial charge in [-0.3, -0.25) is 4.79 Å². The topological polar surface area (TPSA) is 85.5 Å². The Bertz CT molecular complexity index is 1260. The Kier molecular flexibility index (Phi) is 5.62. The number of carbonyl (C=O) groups excluding carboxylic acids is 3. The molecule has 0 fully saturated rings. The summed E-state index contributed by atoms with van der Waals surface area (Å²) in [5.74, 6) is -1.45. The molecular formula is C25H19NO5. The molecule has 0 amide bonds. The zero-order valence-electron chi connectivity index (χ0n) is 16.8. The Morgan fingerprint density at radius 2 is 1.39 bits per heavy atom. The average Bonchev–Trinajstić information content (AvgIpc) is 3.22. The van der Waals surface area contributed by atoms with Crippen LogP contribution in [0.5, 0.6) is 0 Å². The number of Topliss-reactive ketones (excluding diaryl/α,β-unsaturated/α-hetero) is 1. The highest BCUT2D eigenvalue weighted by molar-refractivity contribution is 6.14. The molecular weight excluding hydrogens is 394 g/mol. The summed E-state index contributed by atoms with van der Waals surface area (Å²) in [7, 11) is 1.28. The quantitative estimate of drug-likeness (QED) is 0.367. The van der Waals surface area contributed by atoms with E-state index in [0.717, 1.165) is 16.5 Å². The van der Waals surface area contributed by atoms with Gasteiger partial charge in [0, 0.05) is 10.9 Å². The van der Waals surface area contributed by atoms with Crippen LogP contribution in [-0.4, -0.2) is 36.4 Å². The van der Waals surface area contributed by atoms with E-state index in [0.29, 0.717) is 16.8 Å². The number of benzene rings is 3. The lowest BCUT2D eigenvalue weighted by Gasteiger charge is -2.07. The maximum Gasteiger partial charge on any atom is 0.338 e. The van der Waals surface area contributed by atoms with Crippen LogP contribution in [0.3, 0.4) is 0 Å². The molecule has 0 saturated carbocycles. The first-order valence-corrected chi connectivity index (χ1v) is 9.63. The number of ether oxygens (including phenoxy) is 2. The van der Waals surface area contributed by atoms with E-state index >= 15 is 0 Å². The molecule has 4 rings (SSSR count). The molecule has 1 heterocycles. The monoisotopic (exact) mass is 413 g/mol. The minimum absolute atomic E-state index is 0.239. The number of aromatic nitrogens is 1. The lowest BCUT2D eigenvalue weighted by atomic mass is 10.0. The summed E-state index contributed by atoms with van der Waals surface area (Å²) in [6.45, 7) is -0.404. The number of nitrogens with one attached hydrogen (secondary N) is 1. The van der Waals surface area contributed by atoms with Crippen molar-refractivity contribution in [3.63, 3.8) is 0 Å². The van der Waals surface area contributed by atoms with Gasteiger partial charge in [-0.25, -0.2) is 9.59 Å². The normalized spacial score (nSPS) is 10.6. The van der Waals surface area contributed by atoms with E-state index in [-0.39, 0.29) is 11.3 Å². The van der Waals surface area contributed by atoms with Gasteiger partial charge in [-0.15, -0.1) is 0 Å². The number of esters is 2. The molecule has 3 aromatic carbocycles. The summed E-state index contributed by atoms with van der Waals surface area (Å²) < 4.78 is 9.90. The highest BCUT2D eigenvalue weighted by atomic mass is 16.5. The van der Waals surface area contributed by atoms with Crippen molar-refractivity contribution < 1.29 is 23.9 Å². The van der Waals surface area contributed by atoms with Gasteiger partial charge in [-0.05, 0) is 35.9 Å². The third kappa shape index (κ3) is 4.09. The lowest BCUT2D eigenvalue weighted by Crippen LogP contribution is -2.15. The van der Waals surface area contributed by atoms with Crippen molar-refractivity contribution in [2.24, 2.45) is 0 Å². The van der Waals surface area contributed by atoms with Crippen molar-refractivity contribution in [2.45, 2.75) is 0 Å². The first-order chi connectivity index (χ1) is 15.1. The summed E-state index contributed by atoms with van der Waals surface area (Å²) in [6.07, 6.45) is 0. The molecule has 4 aromatic rings. The molecule has 154 valence electrons. The molecule has 0 saturated heterocycles. The van der Waals surface area contributed by atoms with Gasteiger partial charge in [0.25, 0.3) is 0 Å². The van der Waals surface area contributed by atoms with E-state index in [1.54, 1.807) is 0 Å². The van der Waals surface area contributed by atoms with Crippen molar-refractivity contribution in [3.8, 4) is 11.3 Å². The molecule has 0 aliphatic carbocycles. The van der Waals surface area contributed by atoms with Crippen molar-refractivity contribution in [1.29, 1.82) is 0 Å². The maximum absolute atomic E-state index is 13.1. The van der Waals surface area contributed by atoms with Gasteiger partial charge in [-0.1, -0.05) is 48.5 Å². The number of fused-ring (bicyclic) bond motifs is 1. The standard InChI is InChI=1S/C25H19NO5/c1-30-24(28)17-11-13-18(14-12-17)25(29)31-15-21(27)22-19-9-5-6-10-20(19)26-23(22)16-7-3-2-4-8-16/h2-14,26H,15H2,1H3. The molecule has 1 aromatic heterocycles. The van der Waals surface area contributed by atoms with Gasteiger partial charge in [0.2, 0.25) is 5.78 Å². The van der Waals surface area contributed by atoms with Crippen LogP contribution in [-0.2, 0) is 9.47 Å². The van der Waals surface area contributed by atoms with Crippen molar-refractivity contribution in [1.82, 2.24) is 4.98 Å². The SMILES string of the molecule is COC(=O)c1ccc(C(=O)OCC(=O)c2c(-c3ccccc3)[nH]c3ccccc23)cc1. The van der Waals surface area contributed by atoms with Gasteiger partial charge in [-0.2, -0.15) is 0 Å². The van der Waals surface area contributed by atoms with Gasteiger partial charge in [0.1, 0.15) is 0 Å². The van der Waals surface area contributed by atoms with Crippen LogP contribution < -0.4 is 0 Å². The largest absolute Gasteiger partial charge is 0.465 e. The molecule has 0 atom stereocenters. The van der Waals surface area contributed by atoms with E-state index < -0.39 is 18.5 Å². The molecule has 6 heteroatoms. The first-order valence-electron chi connectivity index (χ1n) is 9.63. The molecule has 0 aliphatic rings. The molecule has 6 nitrogen and oxygen atoms in total. The van der Waals surface area contributed by atoms with Gasteiger partial charge < -0.3 is 14.5 Å². The van der Waals surface area contributed by atoms with Gasteiger partial charge in [0.15, 0.2) is 6.61 Å². The number of hydrogen-bond donors (Lipinski definition) is 1. The molecule has 0 radical (unpaired) electrons. The molecule has 1 N–H and O–H groups in total. The first kappa shape index (κ1) is 20.1. The van der Waals surface area contributed by atoms with E-state index in [1.165, 1.54) is 31.4 Å². The second-order valence-corrected chi connectivity index (χ2v) is 6.85. The zero-order chi connectivity index (χ0) is 21.8. The molecule has 0 bridgehead atoms. The minimum Gasteiger partial charge on any atom is -0.465 e. The van der Waals surface area contributed by atoms with Crippen LogP contribution in [0.25, 0.3) is 22.2 Å². The summed E-state index contributed by atoms with van der Waals surface area (Å²) in [5, 5.41) is 0.768. The summed E-state index contributed by atoms with van der Waals surface area (Å²) in [5.41, 5.74) is 3.42. The Labute approximate surface area is 178 Å². The maximum atomic E-state index is 13.1. The second-order valence-electron chi connectivity index (χ2n) is 6.85. The predicted octanol–water partition coefficient (Wildman–Crippen LogP) is 4.66. The van der Waals surface area contributed by atoms with E-state index in [9.17, 15) is 14.4 Å². The Morgan fingerprint density at radius 3 is 2.06 bits per heavy atom. The summed E-state index contributed by atoms with van der Waals surface area (Å²) in [6, 6.07) is 22.9. The minimum atomic E-state index is -0.647. The number of hydrogen-bond acceptors (Lipinski definition) is 5. The highest BCUT2D eigenvalue weighted by Gasteiger charge is 2.21. The molecule has 0 unspecified atom stereocenters. The third-order valence-electron chi connectivity index (χ3n) is 4.92. The van der Waals surface area contributed by atoms with E-state index in [2.05, 4.69) is 9.72 Å². The zero-order valence-corrected chi connectivity index (χ0v) is 16.8. The van der Waals surface area contributed by atoms with Crippen LogP contribution in [0.4, 0.5) is 0 Å². The molecule has 31 heavy (non-hydrogen) atoms. The summed E-state index contributed by atoms with van der Waals surface area (Å²) in [4.78, 5) is 40.3. The number of para-hydroxylation sites is 1. The van der Waals surface area contributed by atoms with Crippen LogP contribution >= 0.6 is 0 Å². The smallest absolute Gasteiger partial charge is 0.338 e. The number of methoxy groups -OCH3 is 1. The van der Waals surface area contributed by atoms with Crippen LogP contribution in [0.2, 0.25) is 0 Å². The van der Waals surface area contributed by atoms with Crippen molar-refractivity contribution in [3.05, 3.63) is 95.6 Å². The number of rotatable bonds is 6. The summed E-state index contributed by atoms with van der Waals surface area (Å²) >= 11 is 0. The van der Waals surface area contributed by atoms with Crippen LogP contribution in [0.15, 0.2) is 78.9 Å². The molecule has 0 aliphatic heterocycles. The van der Waals surface area contributed by atoms with Crippen LogP contribution in [0, 0.1) is 0 Å². The van der Waals surface area contributed by atoms with E-state index in [1.807, 2.05) is 54.6 Å². The fraction of sp³-hybridized carbons (Fsp3) is 0.0800. The second kappa shape index (κ2) is 8.67. The fourth-order valence-corrected chi connectivity index (χ4v) is 3.40. The Morgan fingerprint density at radius 1 is 0.774 bits per heavy atom.